The van der Waals surface area contributed by atoms with Crippen LogP contribution in [0.2, 0.25) is 0 Å². The van der Waals surface area contributed by atoms with Crippen LogP contribution in [0.25, 0.3) is 0 Å². The third-order valence-corrected chi connectivity index (χ3v) is 8.50. The van der Waals surface area contributed by atoms with Gasteiger partial charge in [0.1, 0.15) is 23.8 Å². The molecule has 0 aliphatic carbocycles. The quantitative estimate of drug-likeness (QED) is 0.355. The van der Waals surface area contributed by atoms with Crippen molar-refractivity contribution in [1.82, 2.24) is 35.0 Å². The number of fused-ring (bicyclic) bond motifs is 3. The van der Waals surface area contributed by atoms with Crippen LogP contribution in [0.1, 0.15) is 61.9 Å². The summed E-state index contributed by atoms with van der Waals surface area (Å²) in [4.78, 5) is 16.3. The number of aryl methyl sites for hydroxylation is 1. The molecule has 10 nitrogen and oxygen atoms in total. The van der Waals surface area contributed by atoms with E-state index in [1.165, 1.54) is 5.56 Å². The fourth-order valence-electron chi connectivity index (χ4n) is 6.18. The van der Waals surface area contributed by atoms with Gasteiger partial charge in [0.25, 0.3) is 0 Å². The Hall–Kier alpha value is -4.18. The Labute approximate surface area is 253 Å². The van der Waals surface area contributed by atoms with Gasteiger partial charge in [-0.2, -0.15) is 5.10 Å². The molecule has 1 spiro atoms. The molecule has 2 bridgehead atoms. The largest absolute Gasteiger partial charge is 0.491 e. The number of nitrogens with one attached hydrogen (secondary N) is 1. The van der Waals surface area contributed by atoms with Gasteiger partial charge < -0.3 is 14.8 Å². The van der Waals surface area contributed by atoms with E-state index >= 15 is 0 Å². The maximum atomic E-state index is 13.9. The summed E-state index contributed by atoms with van der Waals surface area (Å²) in [6.07, 6.45) is 9.12. The lowest BCUT2D eigenvalue weighted by Gasteiger charge is -2.41. The Morgan fingerprint density at radius 2 is 1.91 bits per heavy atom. The van der Waals surface area contributed by atoms with E-state index in [1.807, 2.05) is 65.9 Å². The first-order chi connectivity index (χ1) is 21.0. The first-order valence-electron chi connectivity index (χ1n) is 15.3. The molecule has 226 valence electrons. The maximum Gasteiger partial charge on any atom is 0.226 e. The molecule has 1 saturated heterocycles. The number of para-hydroxylation sites is 1. The van der Waals surface area contributed by atoms with Crippen molar-refractivity contribution in [1.29, 1.82) is 0 Å². The van der Waals surface area contributed by atoms with E-state index in [4.69, 9.17) is 9.47 Å². The average molecular weight is 584 g/mol. The fraction of sp³-hybridized carbons (Fsp3) is 0.455. The molecule has 10 heteroatoms. The molecule has 4 aromatic rings. The highest BCUT2D eigenvalue weighted by Crippen LogP contribution is 2.38. The Kier molecular flexibility index (Phi) is 8.74. The number of rotatable bonds is 6. The lowest BCUT2D eigenvalue weighted by molar-refractivity contribution is -0.135. The third-order valence-electron chi connectivity index (χ3n) is 8.50. The van der Waals surface area contributed by atoms with Crippen molar-refractivity contribution in [2.24, 2.45) is 5.41 Å². The Balaban J connectivity index is 1.15. The van der Waals surface area contributed by atoms with Crippen LogP contribution in [-0.4, -0.2) is 54.8 Å². The second kappa shape index (κ2) is 13.0. The topological polar surface area (TPSA) is 99.3 Å². The van der Waals surface area contributed by atoms with Crippen LogP contribution in [0, 0.1) is 5.41 Å². The Morgan fingerprint density at radius 3 is 2.72 bits per heavy atom. The fourth-order valence-corrected chi connectivity index (χ4v) is 6.18. The molecular weight excluding hydrogens is 542 g/mol. The predicted molar refractivity (Wildman–Crippen MR) is 162 cm³/mol. The molecule has 2 aliphatic heterocycles. The number of hydrogen-bond acceptors (Lipinski definition) is 7. The summed E-state index contributed by atoms with van der Waals surface area (Å²) >= 11 is 0. The number of hydrogen-bond donors (Lipinski definition) is 1. The van der Waals surface area contributed by atoms with Gasteiger partial charge in [-0.3, -0.25) is 19.1 Å². The highest BCUT2D eigenvalue weighted by Gasteiger charge is 2.40. The smallest absolute Gasteiger partial charge is 0.226 e. The summed E-state index contributed by atoms with van der Waals surface area (Å²) < 4.78 is 16.0. The predicted octanol–water partition coefficient (Wildman–Crippen LogP) is 4.58. The Morgan fingerprint density at radius 1 is 1.05 bits per heavy atom. The van der Waals surface area contributed by atoms with Gasteiger partial charge in [0.15, 0.2) is 0 Å². The molecule has 4 heterocycles. The highest BCUT2D eigenvalue weighted by atomic mass is 16.5. The van der Waals surface area contributed by atoms with Crippen molar-refractivity contribution in [3.05, 3.63) is 89.5 Å². The van der Waals surface area contributed by atoms with Gasteiger partial charge in [-0.1, -0.05) is 29.5 Å². The van der Waals surface area contributed by atoms with Crippen LogP contribution in [0.15, 0.2) is 67.1 Å². The number of piperidine rings is 1. The number of aromatic nitrogens is 5. The average Bonchev–Trinajstić information content (AvgIpc) is 3.69. The molecule has 0 unspecified atom stereocenters. The van der Waals surface area contributed by atoms with Crippen LogP contribution >= 0.6 is 0 Å². The molecule has 1 amide bonds. The normalized spacial score (nSPS) is 17.6. The monoisotopic (exact) mass is 583 g/mol. The minimum absolute atomic E-state index is 0.0963. The zero-order valence-corrected chi connectivity index (χ0v) is 25.1. The van der Waals surface area contributed by atoms with Crippen molar-refractivity contribution in [2.75, 3.05) is 13.1 Å². The van der Waals surface area contributed by atoms with Gasteiger partial charge in [-0.05, 0) is 82.4 Å². The molecule has 2 aliphatic rings. The van der Waals surface area contributed by atoms with E-state index in [0.717, 1.165) is 80.2 Å². The van der Waals surface area contributed by atoms with E-state index in [9.17, 15) is 4.79 Å². The number of carbonyl (C=O) groups excluding carboxylic acids is 1. The maximum absolute atomic E-state index is 13.9. The van der Waals surface area contributed by atoms with Crippen LogP contribution in [0.5, 0.6) is 11.5 Å². The van der Waals surface area contributed by atoms with Crippen LogP contribution in [-0.2, 0) is 37.6 Å². The molecule has 1 N–H and O–H groups in total. The van der Waals surface area contributed by atoms with E-state index in [0.29, 0.717) is 19.7 Å². The zero-order chi connectivity index (χ0) is 29.6. The summed E-state index contributed by atoms with van der Waals surface area (Å²) in [5, 5.41) is 16.2. The number of carbonyl (C=O) groups is 1. The SMILES string of the molecule is CC(C)Oc1ccc(CN2CCC3(CCCn4cc(nn4)COc4ccccc4CNC3=O)CC2)cc1Cn1cccn1. The number of likely N-dealkylation sites (tertiary alicyclic amines) is 1. The second-order valence-electron chi connectivity index (χ2n) is 12.0. The molecular formula is C33H41N7O3. The van der Waals surface area contributed by atoms with Gasteiger partial charge >= 0.3 is 0 Å². The van der Waals surface area contributed by atoms with Gasteiger partial charge in [-0.15, -0.1) is 5.10 Å². The number of amides is 1. The molecule has 0 atom stereocenters. The van der Waals surface area contributed by atoms with Crippen molar-refractivity contribution in [3.8, 4) is 11.5 Å². The second-order valence-corrected chi connectivity index (χ2v) is 12.0. The summed E-state index contributed by atoms with van der Waals surface area (Å²) in [6.45, 7) is 8.83. The van der Waals surface area contributed by atoms with Crippen LogP contribution < -0.4 is 14.8 Å². The lowest BCUT2D eigenvalue weighted by Crippen LogP contribution is -2.48. The molecule has 0 radical (unpaired) electrons. The standard InChI is InChI=1S/C33H41N7O3/c1-25(2)43-31-10-9-26(19-28(31)22-39-16-6-14-35-39)21-38-17-12-33(13-18-38)11-5-15-40-23-29(36-37-40)24-42-30-8-4-3-7-27(30)20-34-32(33)41/h3-4,6-10,14,16,19,23,25H,5,11-13,15,17-18,20-22,24H2,1-2H3,(H,34,41). The number of nitrogens with zero attached hydrogens (tertiary/aromatic N) is 6. The van der Waals surface area contributed by atoms with E-state index in [-0.39, 0.29) is 12.0 Å². The third kappa shape index (κ3) is 7.07. The summed E-state index contributed by atoms with van der Waals surface area (Å²) in [7, 11) is 0. The molecule has 1 fully saturated rings. The number of ether oxygens (including phenoxy) is 2. The summed E-state index contributed by atoms with van der Waals surface area (Å²) in [6, 6.07) is 16.3. The van der Waals surface area contributed by atoms with E-state index in [1.54, 1.807) is 6.20 Å². The van der Waals surface area contributed by atoms with Crippen molar-refractivity contribution >= 4 is 5.91 Å². The molecule has 0 saturated carbocycles. The van der Waals surface area contributed by atoms with Gasteiger partial charge in [0.05, 0.1) is 24.3 Å². The van der Waals surface area contributed by atoms with Crippen molar-refractivity contribution in [3.63, 3.8) is 0 Å². The van der Waals surface area contributed by atoms with Crippen LogP contribution in [0.4, 0.5) is 0 Å². The first-order valence-corrected chi connectivity index (χ1v) is 15.3. The molecule has 43 heavy (non-hydrogen) atoms. The summed E-state index contributed by atoms with van der Waals surface area (Å²) in [5.41, 5.74) is 3.71. The number of benzene rings is 2. The first kappa shape index (κ1) is 28.9. The summed E-state index contributed by atoms with van der Waals surface area (Å²) in [5.74, 6) is 1.79. The van der Waals surface area contributed by atoms with Gasteiger partial charge in [-0.25, -0.2) is 0 Å². The van der Waals surface area contributed by atoms with Gasteiger partial charge in [0, 0.05) is 43.2 Å². The molecule has 2 aromatic heterocycles. The molecule has 2 aromatic carbocycles. The minimum Gasteiger partial charge on any atom is -0.491 e. The lowest BCUT2D eigenvalue weighted by atomic mass is 9.73. The van der Waals surface area contributed by atoms with Crippen molar-refractivity contribution < 1.29 is 14.3 Å². The zero-order valence-electron chi connectivity index (χ0n) is 25.1. The van der Waals surface area contributed by atoms with Crippen LogP contribution in [0.3, 0.4) is 0 Å². The highest BCUT2D eigenvalue weighted by molar-refractivity contribution is 5.82. The minimum atomic E-state index is -0.417. The van der Waals surface area contributed by atoms with E-state index < -0.39 is 5.41 Å². The van der Waals surface area contributed by atoms with E-state index in [2.05, 4.69) is 43.8 Å². The van der Waals surface area contributed by atoms with Gasteiger partial charge in [0.2, 0.25) is 5.91 Å². The molecule has 6 rings (SSSR count). The Bertz CT molecular complexity index is 1510. The van der Waals surface area contributed by atoms with Crippen molar-refractivity contribution in [2.45, 2.75) is 78.4 Å².